The fourth-order valence-electron chi connectivity index (χ4n) is 2.02. The summed E-state index contributed by atoms with van der Waals surface area (Å²) in [5.74, 6) is 0.812. The normalized spacial score (nSPS) is 19.0. The molecule has 16 heavy (non-hydrogen) atoms. The number of amides is 1. The number of likely N-dealkylation sites (N-methyl/N-ethyl adjacent to an activating group) is 1. The minimum absolute atomic E-state index is 0.219. The molecule has 0 spiro atoms. The van der Waals surface area contributed by atoms with Crippen LogP contribution in [0.2, 0.25) is 0 Å². The maximum atomic E-state index is 11.6. The Kier molecular flexibility index (Phi) is 5.77. The molecule has 0 bridgehead atoms. The van der Waals surface area contributed by atoms with Gasteiger partial charge in [-0.2, -0.15) is 0 Å². The van der Waals surface area contributed by atoms with Crippen LogP contribution in [-0.2, 0) is 4.79 Å². The molecule has 1 aliphatic heterocycles. The summed E-state index contributed by atoms with van der Waals surface area (Å²) in [6, 6.07) is 0. The standard InChI is InChI=1S/C12H25N3O/c1-14(2)9-6-13-12(16)10-11-4-7-15(3)8-5-11/h11H,4-10H2,1-3H3,(H,13,16). The average Bonchev–Trinajstić information content (AvgIpc) is 2.21. The number of nitrogens with zero attached hydrogens (tertiary/aromatic N) is 2. The van der Waals surface area contributed by atoms with Crippen molar-refractivity contribution >= 4 is 5.91 Å². The molecule has 0 radical (unpaired) electrons. The lowest BCUT2D eigenvalue weighted by molar-refractivity contribution is -0.122. The fraction of sp³-hybridized carbons (Fsp3) is 0.917. The van der Waals surface area contributed by atoms with Gasteiger partial charge in [-0.15, -0.1) is 0 Å². The van der Waals surface area contributed by atoms with Gasteiger partial charge in [-0.3, -0.25) is 4.79 Å². The molecule has 1 aliphatic rings. The molecule has 4 heteroatoms. The lowest BCUT2D eigenvalue weighted by atomic mass is 9.93. The van der Waals surface area contributed by atoms with E-state index in [4.69, 9.17) is 0 Å². The van der Waals surface area contributed by atoms with E-state index >= 15 is 0 Å². The second-order valence-corrected chi connectivity index (χ2v) is 5.10. The largest absolute Gasteiger partial charge is 0.355 e. The summed E-state index contributed by atoms with van der Waals surface area (Å²) in [6.45, 7) is 3.95. The van der Waals surface area contributed by atoms with E-state index in [9.17, 15) is 4.79 Å². The highest BCUT2D eigenvalue weighted by Gasteiger charge is 2.19. The summed E-state index contributed by atoms with van der Waals surface area (Å²) in [6.07, 6.45) is 3.04. The molecule has 0 aromatic rings. The van der Waals surface area contributed by atoms with Crippen molar-refractivity contribution in [3.63, 3.8) is 0 Å². The summed E-state index contributed by atoms with van der Waals surface area (Å²) in [5.41, 5.74) is 0. The van der Waals surface area contributed by atoms with Crippen LogP contribution in [0, 0.1) is 5.92 Å². The zero-order valence-electron chi connectivity index (χ0n) is 10.8. The van der Waals surface area contributed by atoms with Gasteiger partial charge >= 0.3 is 0 Å². The second kappa shape index (κ2) is 6.86. The number of rotatable bonds is 5. The second-order valence-electron chi connectivity index (χ2n) is 5.10. The van der Waals surface area contributed by atoms with Gasteiger partial charge in [0.15, 0.2) is 0 Å². The van der Waals surface area contributed by atoms with Gasteiger partial charge in [0.05, 0.1) is 0 Å². The van der Waals surface area contributed by atoms with Crippen molar-refractivity contribution in [2.45, 2.75) is 19.3 Å². The molecule has 0 saturated carbocycles. The number of hydrogen-bond acceptors (Lipinski definition) is 3. The average molecular weight is 227 g/mol. The quantitative estimate of drug-likeness (QED) is 0.738. The van der Waals surface area contributed by atoms with Crippen molar-refractivity contribution in [2.24, 2.45) is 5.92 Å². The highest BCUT2D eigenvalue weighted by molar-refractivity contribution is 5.76. The Hall–Kier alpha value is -0.610. The van der Waals surface area contributed by atoms with Crippen molar-refractivity contribution in [1.29, 1.82) is 0 Å². The van der Waals surface area contributed by atoms with E-state index in [0.29, 0.717) is 12.3 Å². The van der Waals surface area contributed by atoms with E-state index in [0.717, 1.165) is 39.0 Å². The van der Waals surface area contributed by atoms with Crippen molar-refractivity contribution in [2.75, 3.05) is 47.3 Å². The van der Waals surface area contributed by atoms with Crippen molar-refractivity contribution < 1.29 is 4.79 Å². The van der Waals surface area contributed by atoms with Crippen LogP contribution in [0.25, 0.3) is 0 Å². The Morgan fingerprint density at radius 1 is 1.38 bits per heavy atom. The number of nitrogens with one attached hydrogen (secondary N) is 1. The monoisotopic (exact) mass is 227 g/mol. The zero-order valence-corrected chi connectivity index (χ0v) is 10.8. The predicted octanol–water partition coefficient (Wildman–Crippen LogP) is 0.396. The Morgan fingerprint density at radius 3 is 2.56 bits per heavy atom. The molecular weight excluding hydrogens is 202 g/mol. The maximum absolute atomic E-state index is 11.6. The van der Waals surface area contributed by atoms with Crippen LogP contribution in [0.1, 0.15) is 19.3 Å². The molecule has 1 fully saturated rings. The van der Waals surface area contributed by atoms with Gasteiger partial charge in [0.2, 0.25) is 5.91 Å². The van der Waals surface area contributed by atoms with Gasteiger partial charge in [0, 0.05) is 19.5 Å². The highest BCUT2D eigenvalue weighted by Crippen LogP contribution is 2.18. The minimum atomic E-state index is 0.219. The number of carbonyl (C=O) groups is 1. The van der Waals surface area contributed by atoms with E-state index < -0.39 is 0 Å². The summed E-state index contributed by atoms with van der Waals surface area (Å²) in [5, 5.41) is 2.98. The molecule has 1 N–H and O–H groups in total. The first kappa shape index (κ1) is 13.5. The summed E-state index contributed by atoms with van der Waals surface area (Å²) < 4.78 is 0. The molecule has 0 aliphatic carbocycles. The molecule has 0 aromatic carbocycles. The van der Waals surface area contributed by atoms with Gasteiger partial charge in [-0.1, -0.05) is 0 Å². The summed E-state index contributed by atoms with van der Waals surface area (Å²) >= 11 is 0. The molecule has 0 aromatic heterocycles. The molecule has 1 rings (SSSR count). The third-order valence-corrected chi connectivity index (χ3v) is 3.19. The van der Waals surface area contributed by atoms with Crippen LogP contribution in [0.4, 0.5) is 0 Å². The van der Waals surface area contributed by atoms with Crippen molar-refractivity contribution in [3.05, 3.63) is 0 Å². The highest BCUT2D eigenvalue weighted by atomic mass is 16.1. The van der Waals surface area contributed by atoms with Gasteiger partial charge in [-0.25, -0.2) is 0 Å². The molecule has 1 amide bonds. The molecule has 4 nitrogen and oxygen atoms in total. The van der Waals surface area contributed by atoms with Crippen LogP contribution < -0.4 is 5.32 Å². The van der Waals surface area contributed by atoms with E-state index in [1.807, 2.05) is 14.1 Å². The molecular formula is C12H25N3O. The number of carbonyl (C=O) groups excluding carboxylic acids is 1. The van der Waals surface area contributed by atoms with Gasteiger partial charge in [0.25, 0.3) is 0 Å². The lowest BCUT2D eigenvalue weighted by Crippen LogP contribution is -2.35. The van der Waals surface area contributed by atoms with Crippen LogP contribution >= 0.6 is 0 Å². The predicted molar refractivity (Wildman–Crippen MR) is 66.4 cm³/mol. The third-order valence-electron chi connectivity index (χ3n) is 3.19. The van der Waals surface area contributed by atoms with Crippen molar-refractivity contribution in [1.82, 2.24) is 15.1 Å². The van der Waals surface area contributed by atoms with Crippen LogP contribution in [0.3, 0.4) is 0 Å². The number of hydrogen-bond donors (Lipinski definition) is 1. The zero-order chi connectivity index (χ0) is 12.0. The van der Waals surface area contributed by atoms with E-state index in [2.05, 4.69) is 22.2 Å². The molecule has 94 valence electrons. The first-order chi connectivity index (χ1) is 7.58. The van der Waals surface area contributed by atoms with Gasteiger partial charge in [-0.05, 0) is 53.0 Å². The fourth-order valence-corrected chi connectivity index (χ4v) is 2.02. The molecule has 0 unspecified atom stereocenters. The molecule has 1 heterocycles. The minimum Gasteiger partial charge on any atom is -0.355 e. The Bertz CT molecular complexity index is 210. The van der Waals surface area contributed by atoms with E-state index in [-0.39, 0.29) is 5.91 Å². The Balaban J connectivity index is 2.09. The van der Waals surface area contributed by atoms with Gasteiger partial charge in [0.1, 0.15) is 0 Å². The first-order valence-corrected chi connectivity index (χ1v) is 6.18. The number of piperidine rings is 1. The smallest absolute Gasteiger partial charge is 0.220 e. The van der Waals surface area contributed by atoms with Crippen molar-refractivity contribution in [3.8, 4) is 0 Å². The number of likely N-dealkylation sites (tertiary alicyclic amines) is 1. The maximum Gasteiger partial charge on any atom is 0.220 e. The Morgan fingerprint density at radius 2 is 2.00 bits per heavy atom. The van der Waals surface area contributed by atoms with Gasteiger partial charge < -0.3 is 15.1 Å². The Labute approximate surface area is 99.0 Å². The van der Waals surface area contributed by atoms with Crippen LogP contribution in [0.15, 0.2) is 0 Å². The van der Waals surface area contributed by atoms with E-state index in [1.165, 1.54) is 0 Å². The lowest BCUT2D eigenvalue weighted by Gasteiger charge is -2.28. The summed E-state index contributed by atoms with van der Waals surface area (Å²) in [4.78, 5) is 16.0. The first-order valence-electron chi connectivity index (χ1n) is 6.18. The summed E-state index contributed by atoms with van der Waals surface area (Å²) in [7, 11) is 6.18. The van der Waals surface area contributed by atoms with Crippen LogP contribution in [0.5, 0.6) is 0 Å². The topological polar surface area (TPSA) is 35.6 Å². The van der Waals surface area contributed by atoms with E-state index in [1.54, 1.807) is 0 Å². The third kappa shape index (κ3) is 5.47. The van der Waals surface area contributed by atoms with Crippen LogP contribution in [-0.4, -0.2) is 63.0 Å². The molecule has 1 saturated heterocycles. The molecule has 0 atom stereocenters. The SMILES string of the molecule is CN(C)CCNC(=O)CC1CCN(C)CC1.